The molecule has 1 aromatic carbocycles. The molecular formula is C14H14O6. The first kappa shape index (κ1) is 13.9. The Morgan fingerprint density at radius 1 is 1.30 bits per heavy atom. The standard InChI is InChI=1S/C14H14O6/c1-7-8-4-5-10(18-2)13(19-3)12(8)20-14(17)9(7)6-11(15)16/h4-5H,6H2,1-3H3,(H,15,16). The van der Waals surface area contributed by atoms with Gasteiger partial charge in [0.25, 0.3) is 0 Å². The third kappa shape index (κ3) is 2.20. The molecule has 0 aliphatic carbocycles. The minimum absolute atomic E-state index is 0.136. The molecule has 6 heteroatoms. The summed E-state index contributed by atoms with van der Waals surface area (Å²) in [6, 6.07) is 3.39. The molecule has 1 aromatic heterocycles. The van der Waals surface area contributed by atoms with Gasteiger partial charge in [-0.1, -0.05) is 0 Å². The molecule has 0 aliphatic heterocycles. The van der Waals surface area contributed by atoms with Crippen LogP contribution in [-0.4, -0.2) is 25.3 Å². The van der Waals surface area contributed by atoms with Gasteiger partial charge in [0.2, 0.25) is 5.75 Å². The van der Waals surface area contributed by atoms with Crippen LogP contribution in [0.1, 0.15) is 11.1 Å². The third-order valence-corrected chi connectivity index (χ3v) is 3.13. The van der Waals surface area contributed by atoms with E-state index in [2.05, 4.69) is 0 Å². The predicted octanol–water partition coefficient (Wildman–Crippen LogP) is 1.75. The third-order valence-electron chi connectivity index (χ3n) is 3.13. The molecule has 0 aliphatic rings. The number of benzene rings is 1. The summed E-state index contributed by atoms with van der Waals surface area (Å²) >= 11 is 0. The Morgan fingerprint density at radius 3 is 2.55 bits per heavy atom. The molecule has 1 heterocycles. The Hall–Kier alpha value is -2.50. The maximum atomic E-state index is 11.9. The summed E-state index contributed by atoms with van der Waals surface area (Å²) in [7, 11) is 2.92. The van der Waals surface area contributed by atoms with Crippen LogP contribution in [0, 0.1) is 6.92 Å². The minimum Gasteiger partial charge on any atom is -0.493 e. The number of carboxylic acid groups (broad SMARTS) is 1. The summed E-state index contributed by atoms with van der Waals surface area (Å²) in [5.41, 5.74) is 0.282. The molecule has 0 spiro atoms. The maximum absolute atomic E-state index is 11.9. The largest absolute Gasteiger partial charge is 0.493 e. The van der Waals surface area contributed by atoms with Crippen molar-refractivity contribution in [3.8, 4) is 11.5 Å². The van der Waals surface area contributed by atoms with E-state index in [0.717, 1.165) is 0 Å². The van der Waals surface area contributed by atoms with Crippen LogP contribution < -0.4 is 15.1 Å². The van der Waals surface area contributed by atoms with Crippen LogP contribution in [-0.2, 0) is 11.2 Å². The number of carbonyl (C=O) groups is 1. The second kappa shape index (κ2) is 5.24. The summed E-state index contributed by atoms with van der Waals surface area (Å²) in [5.74, 6) is -0.333. The number of rotatable bonds is 4. The summed E-state index contributed by atoms with van der Waals surface area (Å²) in [6.45, 7) is 1.68. The second-order valence-corrected chi connectivity index (χ2v) is 4.24. The highest BCUT2D eigenvalue weighted by Crippen LogP contribution is 2.36. The smallest absolute Gasteiger partial charge is 0.340 e. The Morgan fingerprint density at radius 2 is 2.00 bits per heavy atom. The van der Waals surface area contributed by atoms with Gasteiger partial charge in [-0.05, 0) is 24.6 Å². The molecule has 6 nitrogen and oxygen atoms in total. The number of aryl methyl sites for hydroxylation is 1. The van der Waals surface area contributed by atoms with Crippen LogP contribution in [0.4, 0.5) is 0 Å². The van der Waals surface area contributed by atoms with E-state index in [1.807, 2.05) is 0 Å². The van der Waals surface area contributed by atoms with Gasteiger partial charge in [0, 0.05) is 5.39 Å². The van der Waals surface area contributed by atoms with Crippen molar-refractivity contribution in [1.82, 2.24) is 0 Å². The number of methoxy groups -OCH3 is 2. The van der Waals surface area contributed by atoms with E-state index in [1.54, 1.807) is 19.1 Å². The van der Waals surface area contributed by atoms with Crippen molar-refractivity contribution in [2.75, 3.05) is 14.2 Å². The lowest BCUT2D eigenvalue weighted by molar-refractivity contribution is -0.136. The van der Waals surface area contributed by atoms with E-state index in [0.29, 0.717) is 22.4 Å². The minimum atomic E-state index is -1.08. The van der Waals surface area contributed by atoms with Gasteiger partial charge in [-0.3, -0.25) is 4.79 Å². The number of ether oxygens (including phenoxy) is 2. The molecule has 106 valence electrons. The lowest BCUT2D eigenvalue weighted by Crippen LogP contribution is -2.15. The van der Waals surface area contributed by atoms with Crippen LogP contribution in [0.25, 0.3) is 11.0 Å². The van der Waals surface area contributed by atoms with E-state index in [9.17, 15) is 9.59 Å². The molecule has 0 saturated carbocycles. The summed E-state index contributed by atoms with van der Waals surface area (Å²) in [4.78, 5) is 22.7. The van der Waals surface area contributed by atoms with Crippen molar-refractivity contribution in [2.24, 2.45) is 0 Å². The lowest BCUT2D eigenvalue weighted by atomic mass is 10.0. The van der Waals surface area contributed by atoms with Gasteiger partial charge < -0.3 is 19.0 Å². The first-order valence-corrected chi connectivity index (χ1v) is 5.88. The van der Waals surface area contributed by atoms with Crippen LogP contribution >= 0.6 is 0 Å². The van der Waals surface area contributed by atoms with Crippen LogP contribution in [0.2, 0.25) is 0 Å². The quantitative estimate of drug-likeness (QED) is 0.857. The van der Waals surface area contributed by atoms with Gasteiger partial charge in [0.05, 0.1) is 26.2 Å². The molecule has 0 atom stereocenters. The molecule has 2 rings (SSSR count). The van der Waals surface area contributed by atoms with E-state index >= 15 is 0 Å². The zero-order valence-corrected chi connectivity index (χ0v) is 11.4. The van der Waals surface area contributed by atoms with Gasteiger partial charge >= 0.3 is 11.6 Å². The first-order valence-electron chi connectivity index (χ1n) is 5.88. The van der Waals surface area contributed by atoms with Gasteiger partial charge in [0.1, 0.15) is 0 Å². The van der Waals surface area contributed by atoms with Crippen molar-refractivity contribution in [3.63, 3.8) is 0 Å². The fourth-order valence-corrected chi connectivity index (χ4v) is 2.12. The fraction of sp³-hybridized carbons (Fsp3) is 0.286. The molecule has 0 radical (unpaired) electrons. The van der Waals surface area contributed by atoms with Crippen molar-refractivity contribution < 1.29 is 23.8 Å². The Balaban J connectivity index is 2.82. The van der Waals surface area contributed by atoms with Gasteiger partial charge in [-0.15, -0.1) is 0 Å². The summed E-state index contributed by atoms with van der Waals surface area (Å²) < 4.78 is 15.6. The zero-order chi connectivity index (χ0) is 14.9. The molecule has 2 aromatic rings. The van der Waals surface area contributed by atoms with E-state index < -0.39 is 11.6 Å². The van der Waals surface area contributed by atoms with Crippen LogP contribution in [0.5, 0.6) is 11.5 Å². The van der Waals surface area contributed by atoms with Crippen LogP contribution in [0.3, 0.4) is 0 Å². The average molecular weight is 278 g/mol. The molecule has 0 amide bonds. The maximum Gasteiger partial charge on any atom is 0.340 e. The molecule has 0 saturated heterocycles. The number of hydrogen-bond donors (Lipinski definition) is 1. The topological polar surface area (TPSA) is 86.0 Å². The summed E-state index contributed by atoms with van der Waals surface area (Å²) in [6.07, 6.45) is -0.377. The fourth-order valence-electron chi connectivity index (χ4n) is 2.12. The van der Waals surface area contributed by atoms with Crippen molar-refractivity contribution in [3.05, 3.63) is 33.7 Å². The number of hydrogen-bond acceptors (Lipinski definition) is 5. The van der Waals surface area contributed by atoms with Crippen molar-refractivity contribution in [1.29, 1.82) is 0 Å². The monoisotopic (exact) mass is 278 g/mol. The predicted molar refractivity (Wildman–Crippen MR) is 71.7 cm³/mol. The molecule has 0 fully saturated rings. The van der Waals surface area contributed by atoms with Gasteiger partial charge in [0.15, 0.2) is 11.3 Å². The highest BCUT2D eigenvalue weighted by Gasteiger charge is 2.18. The van der Waals surface area contributed by atoms with Gasteiger partial charge in [-0.25, -0.2) is 4.79 Å². The average Bonchev–Trinajstić information content (AvgIpc) is 2.41. The normalized spacial score (nSPS) is 10.6. The lowest BCUT2D eigenvalue weighted by Gasteiger charge is -2.12. The number of carboxylic acids is 1. The first-order chi connectivity index (χ1) is 9.49. The molecule has 1 N–H and O–H groups in total. The van der Waals surface area contributed by atoms with E-state index in [1.165, 1.54) is 14.2 Å². The highest BCUT2D eigenvalue weighted by molar-refractivity contribution is 5.89. The van der Waals surface area contributed by atoms with Gasteiger partial charge in [-0.2, -0.15) is 0 Å². The van der Waals surface area contributed by atoms with Crippen LogP contribution in [0.15, 0.2) is 21.3 Å². The number of fused-ring (bicyclic) bond motifs is 1. The molecular weight excluding hydrogens is 264 g/mol. The highest BCUT2D eigenvalue weighted by atomic mass is 16.5. The van der Waals surface area contributed by atoms with Crippen molar-refractivity contribution >= 4 is 16.9 Å². The molecule has 0 unspecified atom stereocenters. The van der Waals surface area contributed by atoms with Crippen molar-refractivity contribution in [2.45, 2.75) is 13.3 Å². The molecule has 0 bridgehead atoms. The second-order valence-electron chi connectivity index (χ2n) is 4.24. The van der Waals surface area contributed by atoms with E-state index in [4.69, 9.17) is 19.0 Å². The SMILES string of the molecule is COc1ccc2c(C)c(CC(=O)O)c(=O)oc2c1OC. The Bertz CT molecular complexity index is 729. The Labute approximate surface area is 114 Å². The number of aliphatic carboxylic acids is 1. The summed E-state index contributed by atoms with van der Waals surface area (Å²) in [5, 5.41) is 9.47. The zero-order valence-electron chi connectivity index (χ0n) is 11.4. The Kier molecular flexibility index (Phi) is 3.65. The van der Waals surface area contributed by atoms with E-state index in [-0.39, 0.29) is 17.6 Å². The molecule has 20 heavy (non-hydrogen) atoms.